The summed E-state index contributed by atoms with van der Waals surface area (Å²) in [7, 11) is 0. The Labute approximate surface area is 104 Å². The predicted octanol–water partition coefficient (Wildman–Crippen LogP) is 4.24. The Balaban J connectivity index is 2.14. The van der Waals surface area contributed by atoms with E-state index in [4.69, 9.17) is 0 Å². The molecule has 2 rings (SSSR count). The molecule has 1 aliphatic carbocycles. The highest BCUT2D eigenvalue weighted by Crippen LogP contribution is 2.23. The molecular formula is C16H21N. The van der Waals surface area contributed by atoms with Gasteiger partial charge in [-0.1, -0.05) is 48.4 Å². The molecule has 1 aromatic rings. The van der Waals surface area contributed by atoms with E-state index >= 15 is 0 Å². The van der Waals surface area contributed by atoms with Crippen molar-refractivity contribution in [2.24, 2.45) is 5.92 Å². The molecule has 0 spiro atoms. The van der Waals surface area contributed by atoms with Crippen LogP contribution in [0.2, 0.25) is 0 Å². The number of hydrogen-bond acceptors (Lipinski definition) is 1. The molecule has 0 aliphatic heterocycles. The Hall–Kier alpha value is -1.50. The first-order chi connectivity index (χ1) is 8.06. The van der Waals surface area contributed by atoms with Gasteiger partial charge in [-0.3, -0.25) is 0 Å². The molecule has 2 unspecified atom stereocenters. The van der Waals surface area contributed by atoms with Gasteiger partial charge in [-0.2, -0.15) is 0 Å². The highest BCUT2D eigenvalue weighted by atomic mass is 14.9. The van der Waals surface area contributed by atoms with Crippen LogP contribution in [0.1, 0.15) is 25.0 Å². The minimum Gasteiger partial charge on any atom is -0.378 e. The monoisotopic (exact) mass is 227 g/mol. The normalized spacial score (nSPS) is 23.4. The first kappa shape index (κ1) is 12.0. The van der Waals surface area contributed by atoms with Crippen LogP contribution >= 0.6 is 0 Å². The van der Waals surface area contributed by atoms with Crippen molar-refractivity contribution in [3.8, 4) is 0 Å². The van der Waals surface area contributed by atoms with E-state index in [0.717, 1.165) is 0 Å². The summed E-state index contributed by atoms with van der Waals surface area (Å²) in [4.78, 5) is 0. The third kappa shape index (κ3) is 2.79. The minimum atomic E-state index is 0.403. The Morgan fingerprint density at radius 2 is 1.88 bits per heavy atom. The zero-order chi connectivity index (χ0) is 12.4. The zero-order valence-corrected chi connectivity index (χ0v) is 11.1. The number of hydrogen-bond donors (Lipinski definition) is 1. The van der Waals surface area contributed by atoms with E-state index in [1.165, 1.54) is 22.4 Å². The summed E-state index contributed by atoms with van der Waals surface area (Å²) in [6.45, 7) is 8.70. The van der Waals surface area contributed by atoms with Gasteiger partial charge in [-0.25, -0.2) is 0 Å². The van der Waals surface area contributed by atoms with E-state index in [1.54, 1.807) is 0 Å². The lowest BCUT2D eigenvalue weighted by molar-refractivity contribution is 0.654. The molecule has 0 fully saturated rings. The van der Waals surface area contributed by atoms with Gasteiger partial charge in [0, 0.05) is 5.69 Å². The van der Waals surface area contributed by atoms with Crippen LogP contribution in [0.5, 0.6) is 0 Å². The van der Waals surface area contributed by atoms with Crippen LogP contribution in [0.15, 0.2) is 42.0 Å². The van der Waals surface area contributed by atoms with Crippen LogP contribution < -0.4 is 5.32 Å². The fourth-order valence-corrected chi connectivity index (χ4v) is 2.34. The Kier molecular flexibility index (Phi) is 3.37. The Bertz CT molecular complexity index is 468. The second-order valence-corrected chi connectivity index (χ2v) is 5.12. The Morgan fingerprint density at radius 1 is 1.12 bits per heavy atom. The molecule has 0 saturated heterocycles. The predicted molar refractivity (Wildman–Crippen MR) is 75.4 cm³/mol. The fourth-order valence-electron chi connectivity index (χ4n) is 2.34. The number of allylic oxidation sites excluding steroid dienone is 2. The smallest absolute Gasteiger partial charge is 0.0507 e. The van der Waals surface area contributed by atoms with Crippen LogP contribution in [0.3, 0.4) is 0 Å². The molecule has 17 heavy (non-hydrogen) atoms. The number of benzene rings is 1. The number of aryl methyl sites for hydroxylation is 2. The maximum Gasteiger partial charge on any atom is 0.0507 e. The molecular weight excluding hydrogens is 206 g/mol. The quantitative estimate of drug-likeness (QED) is 0.797. The highest BCUT2D eigenvalue weighted by molar-refractivity contribution is 5.54. The molecule has 90 valence electrons. The van der Waals surface area contributed by atoms with E-state index in [2.05, 4.69) is 69.4 Å². The van der Waals surface area contributed by atoms with Gasteiger partial charge in [-0.15, -0.1) is 0 Å². The van der Waals surface area contributed by atoms with Gasteiger partial charge in [0.05, 0.1) is 6.04 Å². The third-order valence-electron chi connectivity index (χ3n) is 3.36. The number of anilines is 1. The molecule has 2 atom stereocenters. The van der Waals surface area contributed by atoms with Crippen molar-refractivity contribution < 1.29 is 0 Å². The largest absolute Gasteiger partial charge is 0.378 e. The van der Waals surface area contributed by atoms with E-state index in [1.807, 2.05) is 0 Å². The summed E-state index contributed by atoms with van der Waals surface area (Å²) in [5.74, 6) is 0.542. The highest BCUT2D eigenvalue weighted by Gasteiger charge is 2.15. The molecule has 0 aromatic heterocycles. The maximum atomic E-state index is 3.62. The van der Waals surface area contributed by atoms with E-state index in [9.17, 15) is 0 Å². The molecule has 0 heterocycles. The van der Waals surface area contributed by atoms with E-state index in [-0.39, 0.29) is 0 Å². The molecule has 1 nitrogen and oxygen atoms in total. The third-order valence-corrected chi connectivity index (χ3v) is 3.36. The van der Waals surface area contributed by atoms with Crippen LogP contribution in [0.4, 0.5) is 5.69 Å². The van der Waals surface area contributed by atoms with Gasteiger partial charge in [0.1, 0.15) is 0 Å². The van der Waals surface area contributed by atoms with Gasteiger partial charge in [0.2, 0.25) is 0 Å². The molecule has 1 heteroatoms. The molecule has 1 aromatic carbocycles. The number of rotatable bonds is 2. The van der Waals surface area contributed by atoms with Gasteiger partial charge in [0.25, 0.3) is 0 Å². The van der Waals surface area contributed by atoms with Crippen LogP contribution in [-0.4, -0.2) is 6.04 Å². The Morgan fingerprint density at radius 3 is 2.53 bits per heavy atom. The van der Waals surface area contributed by atoms with Crippen molar-refractivity contribution in [3.05, 3.63) is 53.1 Å². The van der Waals surface area contributed by atoms with Crippen molar-refractivity contribution in [2.45, 2.75) is 33.7 Å². The number of nitrogens with one attached hydrogen (secondary N) is 1. The minimum absolute atomic E-state index is 0.403. The molecule has 1 N–H and O–H groups in total. The molecule has 0 bridgehead atoms. The maximum absolute atomic E-state index is 3.62. The first-order valence-electron chi connectivity index (χ1n) is 6.26. The van der Waals surface area contributed by atoms with Crippen molar-refractivity contribution in [2.75, 3.05) is 5.32 Å². The van der Waals surface area contributed by atoms with E-state index in [0.29, 0.717) is 12.0 Å². The topological polar surface area (TPSA) is 12.0 Å². The van der Waals surface area contributed by atoms with Gasteiger partial charge >= 0.3 is 0 Å². The summed E-state index contributed by atoms with van der Waals surface area (Å²) >= 11 is 0. The molecule has 0 radical (unpaired) electrons. The summed E-state index contributed by atoms with van der Waals surface area (Å²) in [5.41, 5.74) is 5.23. The van der Waals surface area contributed by atoms with E-state index < -0.39 is 0 Å². The van der Waals surface area contributed by atoms with Gasteiger partial charge in [0.15, 0.2) is 0 Å². The van der Waals surface area contributed by atoms with Crippen LogP contribution in [-0.2, 0) is 0 Å². The van der Waals surface area contributed by atoms with Crippen molar-refractivity contribution >= 4 is 5.69 Å². The average Bonchev–Trinajstić information content (AvgIpc) is 2.25. The van der Waals surface area contributed by atoms with Crippen LogP contribution in [0, 0.1) is 19.8 Å². The molecule has 0 amide bonds. The summed E-state index contributed by atoms with van der Waals surface area (Å²) in [5, 5.41) is 3.62. The lowest BCUT2D eigenvalue weighted by Gasteiger charge is -2.25. The van der Waals surface area contributed by atoms with Crippen molar-refractivity contribution in [3.63, 3.8) is 0 Å². The fraction of sp³-hybridized carbons (Fsp3) is 0.375. The van der Waals surface area contributed by atoms with Crippen LogP contribution in [0.25, 0.3) is 0 Å². The average molecular weight is 227 g/mol. The second kappa shape index (κ2) is 4.79. The van der Waals surface area contributed by atoms with Gasteiger partial charge < -0.3 is 5.32 Å². The zero-order valence-electron chi connectivity index (χ0n) is 11.1. The standard InChI is InChI=1S/C16H21N/c1-11-5-7-15(13(3)9-11)17-16-8-6-12(2)10-14(16)4/h5-10,13,15,17H,1-4H3. The molecule has 0 saturated carbocycles. The lowest BCUT2D eigenvalue weighted by Crippen LogP contribution is -2.26. The van der Waals surface area contributed by atoms with Crippen molar-refractivity contribution in [1.29, 1.82) is 0 Å². The lowest BCUT2D eigenvalue weighted by atomic mass is 9.93. The molecule has 1 aliphatic rings. The summed E-state index contributed by atoms with van der Waals surface area (Å²) in [6, 6.07) is 6.96. The SMILES string of the molecule is CC1=CC(C)C(Nc2ccc(C)cc2C)C=C1. The van der Waals surface area contributed by atoms with Gasteiger partial charge in [-0.05, 0) is 38.3 Å². The second-order valence-electron chi connectivity index (χ2n) is 5.12. The summed E-state index contributed by atoms with van der Waals surface area (Å²) in [6.07, 6.45) is 6.78. The first-order valence-corrected chi connectivity index (χ1v) is 6.26. The van der Waals surface area contributed by atoms with Crippen molar-refractivity contribution in [1.82, 2.24) is 0 Å². The summed E-state index contributed by atoms with van der Waals surface area (Å²) < 4.78 is 0.